The maximum Gasteiger partial charge on any atom is 0.136 e. The Morgan fingerprint density at radius 1 is 1.25 bits per heavy atom. The molecular formula is C15H14ClN3O. The first kappa shape index (κ1) is 12.9. The molecule has 0 atom stereocenters. The molecule has 0 spiro atoms. The second-order valence-corrected chi connectivity index (χ2v) is 4.79. The lowest BCUT2D eigenvalue weighted by Crippen LogP contribution is -1.99. The predicted molar refractivity (Wildman–Crippen MR) is 79.0 cm³/mol. The third-order valence-corrected chi connectivity index (χ3v) is 3.40. The fourth-order valence-corrected chi connectivity index (χ4v) is 2.25. The summed E-state index contributed by atoms with van der Waals surface area (Å²) in [6.07, 6.45) is 3.64. The summed E-state index contributed by atoms with van der Waals surface area (Å²) < 4.78 is 7.64. The summed E-state index contributed by atoms with van der Waals surface area (Å²) >= 11 is 6.04. The van der Waals surface area contributed by atoms with Crippen LogP contribution in [0.25, 0.3) is 10.8 Å². The average Bonchev–Trinajstić information content (AvgIpc) is 2.93. The highest BCUT2D eigenvalue weighted by molar-refractivity contribution is 6.34. The number of rotatable bonds is 4. The lowest BCUT2D eigenvalue weighted by atomic mass is 10.2. The zero-order chi connectivity index (χ0) is 13.9. The van der Waals surface area contributed by atoms with Gasteiger partial charge in [-0.25, -0.2) is 4.98 Å². The molecule has 2 heterocycles. The second-order valence-electron chi connectivity index (χ2n) is 4.44. The van der Waals surface area contributed by atoms with E-state index in [0.717, 1.165) is 28.8 Å². The molecular weight excluding hydrogens is 274 g/mol. The smallest absolute Gasteiger partial charge is 0.136 e. The zero-order valence-corrected chi connectivity index (χ0v) is 11.8. The zero-order valence-electron chi connectivity index (χ0n) is 11.1. The first-order chi connectivity index (χ1) is 9.76. The lowest BCUT2D eigenvalue weighted by molar-refractivity contribution is 0.300. The van der Waals surface area contributed by atoms with E-state index in [4.69, 9.17) is 16.3 Å². The summed E-state index contributed by atoms with van der Waals surface area (Å²) in [6.45, 7) is 3.37. The van der Waals surface area contributed by atoms with Gasteiger partial charge in [-0.2, -0.15) is 5.10 Å². The molecule has 2 aromatic heterocycles. The molecule has 3 rings (SSSR count). The third-order valence-electron chi connectivity index (χ3n) is 3.09. The largest absolute Gasteiger partial charge is 0.487 e. The average molecular weight is 288 g/mol. The van der Waals surface area contributed by atoms with Gasteiger partial charge in [0.05, 0.1) is 5.69 Å². The van der Waals surface area contributed by atoms with Gasteiger partial charge >= 0.3 is 0 Å². The molecule has 0 unspecified atom stereocenters. The van der Waals surface area contributed by atoms with Gasteiger partial charge in [0.15, 0.2) is 0 Å². The summed E-state index contributed by atoms with van der Waals surface area (Å²) in [5.74, 6) is 0.797. The van der Waals surface area contributed by atoms with E-state index in [1.54, 1.807) is 6.20 Å². The van der Waals surface area contributed by atoms with Crippen LogP contribution >= 0.6 is 11.6 Å². The number of benzene rings is 1. The highest BCUT2D eigenvalue weighted by Crippen LogP contribution is 2.25. The number of fused-ring (bicyclic) bond motifs is 1. The van der Waals surface area contributed by atoms with Crippen molar-refractivity contribution in [3.63, 3.8) is 0 Å². The van der Waals surface area contributed by atoms with E-state index in [1.165, 1.54) is 0 Å². The maximum absolute atomic E-state index is 6.04. The van der Waals surface area contributed by atoms with Crippen LogP contribution in [-0.4, -0.2) is 14.8 Å². The molecule has 0 aliphatic heterocycles. The number of aryl methyl sites for hydroxylation is 1. The summed E-state index contributed by atoms with van der Waals surface area (Å²) in [5, 5.41) is 6.83. The van der Waals surface area contributed by atoms with Gasteiger partial charge in [0.1, 0.15) is 17.5 Å². The van der Waals surface area contributed by atoms with Crippen molar-refractivity contribution in [3.8, 4) is 5.75 Å². The van der Waals surface area contributed by atoms with Crippen LogP contribution in [0.1, 0.15) is 12.6 Å². The van der Waals surface area contributed by atoms with Crippen molar-refractivity contribution in [1.29, 1.82) is 0 Å². The van der Waals surface area contributed by atoms with Crippen molar-refractivity contribution in [2.24, 2.45) is 0 Å². The van der Waals surface area contributed by atoms with Crippen LogP contribution < -0.4 is 4.74 Å². The minimum absolute atomic E-state index is 0.456. The predicted octanol–water partition coefficient (Wildman–Crippen LogP) is 3.68. The lowest BCUT2D eigenvalue weighted by Gasteiger charge is -2.06. The number of aromatic nitrogens is 3. The van der Waals surface area contributed by atoms with E-state index in [2.05, 4.69) is 17.0 Å². The Morgan fingerprint density at radius 2 is 2.15 bits per heavy atom. The van der Waals surface area contributed by atoms with Gasteiger partial charge < -0.3 is 4.74 Å². The van der Waals surface area contributed by atoms with Gasteiger partial charge in [0, 0.05) is 24.3 Å². The first-order valence-electron chi connectivity index (χ1n) is 6.45. The number of halogens is 1. The van der Waals surface area contributed by atoms with Crippen LogP contribution in [0.5, 0.6) is 5.75 Å². The molecule has 20 heavy (non-hydrogen) atoms. The molecule has 0 aliphatic rings. The Balaban J connectivity index is 1.77. The van der Waals surface area contributed by atoms with E-state index in [-0.39, 0.29) is 0 Å². The second kappa shape index (κ2) is 5.51. The van der Waals surface area contributed by atoms with Gasteiger partial charge in [-0.1, -0.05) is 11.6 Å². The fourth-order valence-electron chi connectivity index (χ4n) is 2.02. The first-order valence-corrected chi connectivity index (χ1v) is 6.83. The number of hydrogen-bond acceptors (Lipinski definition) is 3. The van der Waals surface area contributed by atoms with Crippen molar-refractivity contribution >= 4 is 22.4 Å². The SMILES string of the molecule is CCn1ccc(COc2ccc3c(Cl)nccc3c2)n1. The topological polar surface area (TPSA) is 39.9 Å². The summed E-state index contributed by atoms with van der Waals surface area (Å²) in [7, 11) is 0. The summed E-state index contributed by atoms with van der Waals surface area (Å²) in [4.78, 5) is 4.05. The van der Waals surface area contributed by atoms with Crippen LogP contribution in [0, 0.1) is 0 Å². The molecule has 0 aliphatic carbocycles. The Hall–Kier alpha value is -2.07. The summed E-state index contributed by atoms with van der Waals surface area (Å²) in [5.41, 5.74) is 0.916. The van der Waals surface area contributed by atoms with Crippen molar-refractivity contribution in [3.05, 3.63) is 53.6 Å². The Labute approximate surface area is 122 Å². The van der Waals surface area contributed by atoms with Crippen molar-refractivity contribution in [2.45, 2.75) is 20.1 Å². The molecule has 0 radical (unpaired) electrons. The van der Waals surface area contributed by atoms with Gasteiger partial charge in [-0.15, -0.1) is 0 Å². The number of nitrogens with zero attached hydrogens (tertiary/aromatic N) is 3. The molecule has 0 bridgehead atoms. The van der Waals surface area contributed by atoms with E-state index in [1.807, 2.05) is 41.2 Å². The molecule has 102 valence electrons. The highest BCUT2D eigenvalue weighted by Gasteiger charge is 2.03. The molecule has 5 heteroatoms. The van der Waals surface area contributed by atoms with Crippen molar-refractivity contribution in [2.75, 3.05) is 0 Å². The van der Waals surface area contributed by atoms with Crippen LogP contribution in [0.15, 0.2) is 42.7 Å². The van der Waals surface area contributed by atoms with Gasteiger partial charge in [0.25, 0.3) is 0 Å². The van der Waals surface area contributed by atoms with Crippen LogP contribution in [0.3, 0.4) is 0 Å². The Morgan fingerprint density at radius 3 is 2.95 bits per heavy atom. The molecule has 1 aromatic carbocycles. The number of pyridine rings is 1. The minimum Gasteiger partial charge on any atom is -0.487 e. The van der Waals surface area contributed by atoms with Crippen molar-refractivity contribution in [1.82, 2.24) is 14.8 Å². The molecule has 0 N–H and O–H groups in total. The van der Waals surface area contributed by atoms with E-state index in [0.29, 0.717) is 11.8 Å². The standard InChI is InChI=1S/C15H14ClN3O/c1-2-19-8-6-12(18-19)10-20-13-3-4-14-11(9-13)5-7-17-15(14)16/h3-9H,2,10H2,1H3. The molecule has 0 saturated heterocycles. The van der Waals surface area contributed by atoms with Gasteiger partial charge in [0.2, 0.25) is 0 Å². The van der Waals surface area contributed by atoms with E-state index < -0.39 is 0 Å². The minimum atomic E-state index is 0.456. The Kier molecular flexibility index (Phi) is 3.56. The van der Waals surface area contributed by atoms with Gasteiger partial charge in [-0.3, -0.25) is 4.68 Å². The number of ether oxygens (including phenoxy) is 1. The molecule has 0 fully saturated rings. The fraction of sp³-hybridized carbons (Fsp3) is 0.200. The van der Waals surface area contributed by atoms with Crippen LogP contribution in [0.4, 0.5) is 0 Å². The van der Waals surface area contributed by atoms with Gasteiger partial charge in [-0.05, 0) is 42.6 Å². The van der Waals surface area contributed by atoms with Crippen LogP contribution in [0.2, 0.25) is 5.15 Å². The third kappa shape index (κ3) is 2.60. The summed E-state index contributed by atoms with van der Waals surface area (Å²) in [6, 6.07) is 9.66. The van der Waals surface area contributed by atoms with Crippen molar-refractivity contribution < 1.29 is 4.74 Å². The quantitative estimate of drug-likeness (QED) is 0.687. The van der Waals surface area contributed by atoms with Crippen LogP contribution in [-0.2, 0) is 13.2 Å². The molecule has 3 aromatic rings. The monoisotopic (exact) mass is 287 g/mol. The maximum atomic E-state index is 6.04. The highest BCUT2D eigenvalue weighted by atomic mass is 35.5. The van der Waals surface area contributed by atoms with E-state index in [9.17, 15) is 0 Å². The molecule has 0 amide bonds. The molecule has 4 nitrogen and oxygen atoms in total. The Bertz CT molecular complexity index is 739. The molecule has 0 saturated carbocycles. The normalized spacial score (nSPS) is 10.9. The number of hydrogen-bond donors (Lipinski definition) is 0. The van der Waals surface area contributed by atoms with E-state index >= 15 is 0 Å².